The summed E-state index contributed by atoms with van der Waals surface area (Å²) < 4.78 is 10.9. The molecule has 0 radical (unpaired) electrons. The van der Waals surface area contributed by atoms with Crippen molar-refractivity contribution >= 4 is 5.97 Å². The van der Waals surface area contributed by atoms with Crippen LogP contribution in [0.5, 0.6) is 5.75 Å². The molecule has 0 aromatic heterocycles. The Kier molecular flexibility index (Phi) is 5.59. The third kappa shape index (κ3) is 3.74. The maximum Gasteiger partial charge on any atom is 0.347 e. The average Bonchev–Trinajstić information content (AvgIpc) is 2.69. The van der Waals surface area contributed by atoms with Crippen LogP contribution in [0.4, 0.5) is 0 Å². The van der Waals surface area contributed by atoms with Crippen LogP contribution in [-0.2, 0) is 15.1 Å². The molecule has 1 unspecified atom stereocenters. The number of likely N-dealkylation sites (tertiary alicyclic amines) is 1. The SMILES string of the molecule is COc1ccc(C(O)(C(=O)OC2CCN(C)CC2)c2ccccc2)cc1. The molecule has 2 aromatic carbocycles. The molecule has 5 nitrogen and oxygen atoms in total. The summed E-state index contributed by atoms with van der Waals surface area (Å²) in [7, 11) is 3.63. The maximum atomic E-state index is 13.1. The Morgan fingerprint density at radius 1 is 1.04 bits per heavy atom. The Balaban J connectivity index is 1.91. The molecule has 26 heavy (non-hydrogen) atoms. The first kappa shape index (κ1) is 18.4. The summed E-state index contributed by atoms with van der Waals surface area (Å²) in [5.74, 6) is 0.0243. The first-order chi connectivity index (χ1) is 12.5. The normalized spacial score (nSPS) is 18.1. The largest absolute Gasteiger partial charge is 0.497 e. The number of benzene rings is 2. The predicted molar refractivity (Wildman–Crippen MR) is 99.0 cm³/mol. The Morgan fingerprint density at radius 3 is 2.19 bits per heavy atom. The van der Waals surface area contributed by atoms with Gasteiger partial charge in [-0.05, 0) is 43.1 Å². The molecule has 1 heterocycles. The van der Waals surface area contributed by atoms with Gasteiger partial charge in [0.25, 0.3) is 0 Å². The molecule has 1 fully saturated rings. The van der Waals surface area contributed by atoms with Crippen LogP contribution < -0.4 is 4.74 Å². The van der Waals surface area contributed by atoms with Crippen molar-refractivity contribution in [1.82, 2.24) is 4.90 Å². The highest BCUT2D eigenvalue weighted by Gasteiger charge is 2.43. The summed E-state index contributed by atoms with van der Waals surface area (Å²) in [5, 5.41) is 11.4. The number of hydrogen-bond acceptors (Lipinski definition) is 5. The van der Waals surface area contributed by atoms with E-state index in [0.29, 0.717) is 16.9 Å². The first-order valence-corrected chi connectivity index (χ1v) is 8.86. The zero-order valence-corrected chi connectivity index (χ0v) is 15.2. The summed E-state index contributed by atoms with van der Waals surface area (Å²) in [6.07, 6.45) is 1.37. The van der Waals surface area contributed by atoms with Crippen molar-refractivity contribution in [3.63, 3.8) is 0 Å². The number of carbonyl (C=O) groups is 1. The van der Waals surface area contributed by atoms with Crippen LogP contribution in [0.2, 0.25) is 0 Å². The number of carbonyl (C=O) groups excluding carboxylic acids is 1. The molecule has 0 saturated carbocycles. The van der Waals surface area contributed by atoms with Crippen LogP contribution in [0.25, 0.3) is 0 Å². The maximum absolute atomic E-state index is 13.1. The lowest BCUT2D eigenvalue weighted by atomic mass is 9.86. The van der Waals surface area contributed by atoms with Gasteiger partial charge in [0.2, 0.25) is 5.60 Å². The molecule has 1 atom stereocenters. The molecule has 0 amide bonds. The van der Waals surface area contributed by atoms with Crippen LogP contribution in [0.15, 0.2) is 54.6 Å². The Hall–Kier alpha value is -2.37. The molecule has 0 spiro atoms. The van der Waals surface area contributed by atoms with Crippen LogP contribution in [0.3, 0.4) is 0 Å². The van der Waals surface area contributed by atoms with Crippen molar-refractivity contribution in [3.05, 3.63) is 65.7 Å². The van der Waals surface area contributed by atoms with Gasteiger partial charge in [0, 0.05) is 13.1 Å². The summed E-state index contributed by atoms with van der Waals surface area (Å²) in [6.45, 7) is 1.76. The van der Waals surface area contributed by atoms with Gasteiger partial charge in [-0.1, -0.05) is 42.5 Å². The van der Waals surface area contributed by atoms with E-state index in [4.69, 9.17) is 9.47 Å². The van der Waals surface area contributed by atoms with Crippen LogP contribution in [-0.4, -0.2) is 49.3 Å². The summed E-state index contributed by atoms with van der Waals surface area (Å²) in [5.41, 5.74) is -0.901. The predicted octanol–water partition coefficient (Wildman–Crippen LogP) is 2.57. The lowest BCUT2D eigenvalue weighted by Crippen LogP contribution is -2.43. The number of aliphatic hydroxyl groups is 1. The second kappa shape index (κ2) is 7.89. The van der Waals surface area contributed by atoms with E-state index in [0.717, 1.165) is 25.9 Å². The number of nitrogens with zero attached hydrogens (tertiary/aromatic N) is 1. The number of esters is 1. The van der Waals surface area contributed by atoms with Crippen molar-refractivity contribution < 1.29 is 19.4 Å². The van der Waals surface area contributed by atoms with Gasteiger partial charge < -0.3 is 19.5 Å². The van der Waals surface area contributed by atoms with Gasteiger partial charge in [0.15, 0.2) is 0 Å². The number of ether oxygens (including phenoxy) is 2. The van der Waals surface area contributed by atoms with Crippen molar-refractivity contribution in [3.8, 4) is 5.75 Å². The molecule has 1 saturated heterocycles. The monoisotopic (exact) mass is 355 g/mol. The van der Waals surface area contributed by atoms with E-state index in [-0.39, 0.29) is 6.10 Å². The second-order valence-corrected chi connectivity index (χ2v) is 6.71. The lowest BCUT2D eigenvalue weighted by molar-refractivity contribution is -0.169. The van der Waals surface area contributed by atoms with E-state index in [9.17, 15) is 9.90 Å². The molecule has 3 rings (SSSR count). The summed E-state index contributed by atoms with van der Waals surface area (Å²) in [6, 6.07) is 15.8. The first-order valence-electron chi connectivity index (χ1n) is 8.86. The smallest absolute Gasteiger partial charge is 0.347 e. The van der Waals surface area contributed by atoms with Crippen molar-refractivity contribution in [2.75, 3.05) is 27.2 Å². The fraction of sp³-hybridized carbons (Fsp3) is 0.381. The van der Waals surface area contributed by atoms with E-state index in [2.05, 4.69) is 11.9 Å². The van der Waals surface area contributed by atoms with Gasteiger partial charge in [-0.25, -0.2) is 4.79 Å². The molecule has 1 N–H and O–H groups in total. The fourth-order valence-corrected chi connectivity index (χ4v) is 3.25. The van der Waals surface area contributed by atoms with Gasteiger partial charge >= 0.3 is 5.97 Å². The summed E-state index contributed by atoms with van der Waals surface area (Å²) >= 11 is 0. The van der Waals surface area contributed by atoms with Crippen LogP contribution in [0, 0.1) is 0 Å². The lowest BCUT2D eigenvalue weighted by Gasteiger charge is -2.33. The minimum Gasteiger partial charge on any atom is -0.497 e. The van der Waals surface area contributed by atoms with Gasteiger partial charge in [-0.3, -0.25) is 0 Å². The van der Waals surface area contributed by atoms with Gasteiger partial charge in [-0.2, -0.15) is 0 Å². The molecule has 1 aliphatic heterocycles. The number of rotatable bonds is 5. The minimum atomic E-state index is -1.85. The quantitative estimate of drug-likeness (QED) is 0.836. The second-order valence-electron chi connectivity index (χ2n) is 6.71. The minimum absolute atomic E-state index is 0.174. The highest BCUT2D eigenvalue weighted by atomic mass is 16.6. The standard InChI is InChI=1S/C21H25NO4/c1-22-14-12-19(13-15-22)26-20(23)21(24,16-6-4-3-5-7-16)17-8-10-18(25-2)11-9-17/h3-11,19,24H,12-15H2,1-2H3. The van der Waals surface area contributed by atoms with E-state index >= 15 is 0 Å². The van der Waals surface area contributed by atoms with Crippen molar-refractivity contribution in [2.24, 2.45) is 0 Å². The van der Waals surface area contributed by atoms with Crippen molar-refractivity contribution in [1.29, 1.82) is 0 Å². The van der Waals surface area contributed by atoms with E-state index in [1.54, 1.807) is 55.6 Å². The third-order valence-corrected chi connectivity index (χ3v) is 4.93. The number of piperidine rings is 1. The molecular weight excluding hydrogens is 330 g/mol. The molecule has 0 aliphatic carbocycles. The van der Waals surface area contributed by atoms with Gasteiger partial charge in [0.05, 0.1) is 7.11 Å². The molecule has 2 aromatic rings. The average molecular weight is 355 g/mol. The topological polar surface area (TPSA) is 59.0 Å². The highest BCUT2D eigenvalue weighted by Crippen LogP contribution is 2.33. The van der Waals surface area contributed by atoms with E-state index < -0.39 is 11.6 Å². The Morgan fingerprint density at radius 2 is 1.62 bits per heavy atom. The molecule has 1 aliphatic rings. The van der Waals surface area contributed by atoms with Crippen LogP contribution in [0.1, 0.15) is 24.0 Å². The molecular formula is C21H25NO4. The highest BCUT2D eigenvalue weighted by molar-refractivity contribution is 5.85. The number of methoxy groups -OCH3 is 1. The zero-order valence-electron chi connectivity index (χ0n) is 15.2. The van der Waals surface area contributed by atoms with Gasteiger partial charge in [-0.15, -0.1) is 0 Å². The van der Waals surface area contributed by atoms with Gasteiger partial charge in [0.1, 0.15) is 11.9 Å². The summed E-state index contributed by atoms with van der Waals surface area (Å²) in [4.78, 5) is 15.3. The molecule has 138 valence electrons. The van der Waals surface area contributed by atoms with E-state index in [1.807, 2.05) is 6.07 Å². The Labute approximate surface area is 154 Å². The Bertz CT molecular complexity index is 723. The number of hydrogen-bond donors (Lipinski definition) is 1. The molecule has 0 bridgehead atoms. The van der Waals surface area contributed by atoms with E-state index in [1.165, 1.54) is 0 Å². The van der Waals surface area contributed by atoms with Crippen LogP contribution >= 0.6 is 0 Å². The van der Waals surface area contributed by atoms with Crippen molar-refractivity contribution in [2.45, 2.75) is 24.5 Å². The third-order valence-electron chi connectivity index (χ3n) is 4.93. The fourth-order valence-electron chi connectivity index (χ4n) is 3.25. The zero-order chi connectivity index (χ0) is 18.6. The molecule has 5 heteroatoms.